The Labute approximate surface area is 118 Å². The molecular formula is C12H14N2O4S2. The average Bonchev–Trinajstić information content (AvgIpc) is 2.62. The molecule has 1 atom stereocenters. The number of rotatable bonds is 3. The summed E-state index contributed by atoms with van der Waals surface area (Å²) in [5.74, 6) is -0.264. The van der Waals surface area contributed by atoms with Crippen LogP contribution in [0.15, 0.2) is 29.2 Å². The van der Waals surface area contributed by atoms with Gasteiger partial charge in [0.25, 0.3) is 0 Å². The van der Waals surface area contributed by atoms with E-state index in [1.54, 1.807) is 13.0 Å². The lowest BCUT2D eigenvalue weighted by molar-refractivity contribution is 0.461. The highest BCUT2D eigenvalue weighted by atomic mass is 32.2. The quantitative estimate of drug-likeness (QED) is 0.870. The summed E-state index contributed by atoms with van der Waals surface area (Å²) >= 11 is 0. The SMILES string of the molecule is C[C@]1(NS(=O)(=O)c2ccccc2C#N)CCS(=O)(=O)C1. The molecule has 0 bridgehead atoms. The van der Waals surface area contributed by atoms with Gasteiger partial charge in [-0.15, -0.1) is 0 Å². The Morgan fingerprint density at radius 3 is 2.55 bits per heavy atom. The summed E-state index contributed by atoms with van der Waals surface area (Å²) in [6.07, 6.45) is 0.225. The second-order valence-electron chi connectivity index (χ2n) is 5.12. The zero-order valence-corrected chi connectivity index (χ0v) is 12.5. The number of benzene rings is 1. The molecule has 6 nitrogen and oxygen atoms in total. The van der Waals surface area contributed by atoms with Crippen molar-refractivity contribution in [2.45, 2.75) is 23.8 Å². The number of hydrogen-bond donors (Lipinski definition) is 1. The third-order valence-electron chi connectivity index (χ3n) is 3.18. The largest absolute Gasteiger partial charge is 0.242 e. The van der Waals surface area contributed by atoms with E-state index in [2.05, 4.69) is 4.72 Å². The van der Waals surface area contributed by atoms with Crippen molar-refractivity contribution in [1.29, 1.82) is 5.26 Å². The molecule has 0 aliphatic carbocycles. The molecule has 8 heteroatoms. The van der Waals surface area contributed by atoms with E-state index >= 15 is 0 Å². The van der Waals surface area contributed by atoms with Gasteiger partial charge in [0.1, 0.15) is 6.07 Å². The highest BCUT2D eigenvalue weighted by Crippen LogP contribution is 2.26. The molecule has 1 heterocycles. The van der Waals surface area contributed by atoms with Crippen LogP contribution >= 0.6 is 0 Å². The van der Waals surface area contributed by atoms with Crippen LogP contribution < -0.4 is 4.72 Å². The van der Waals surface area contributed by atoms with Gasteiger partial charge < -0.3 is 0 Å². The molecule has 0 amide bonds. The molecule has 0 unspecified atom stereocenters. The van der Waals surface area contributed by atoms with Crippen LogP contribution in [0.1, 0.15) is 18.9 Å². The van der Waals surface area contributed by atoms with Crippen molar-refractivity contribution in [3.05, 3.63) is 29.8 Å². The van der Waals surface area contributed by atoms with Crippen molar-refractivity contribution in [1.82, 2.24) is 4.72 Å². The summed E-state index contributed by atoms with van der Waals surface area (Å²) < 4.78 is 50.1. The first-order valence-corrected chi connectivity index (χ1v) is 9.21. The molecule has 0 spiro atoms. The zero-order valence-electron chi connectivity index (χ0n) is 10.8. The standard InChI is InChI=1S/C12H14N2O4S2/c1-12(6-7-19(15,16)9-12)14-20(17,18)11-5-3-2-4-10(11)8-13/h2-5,14H,6-7,9H2,1H3/t12-/m0/s1. The number of hydrogen-bond acceptors (Lipinski definition) is 5. The van der Waals surface area contributed by atoms with Gasteiger partial charge in [-0.2, -0.15) is 5.26 Å². The third-order valence-corrected chi connectivity index (χ3v) is 6.78. The highest BCUT2D eigenvalue weighted by Gasteiger charge is 2.41. The molecule has 1 aromatic carbocycles. The van der Waals surface area contributed by atoms with Gasteiger partial charge in [0.15, 0.2) is 9.84 Å². The molecule has 108 valence electrons. The minimum Gasteiger partial charge on any atom is -0.229 e. The fraction of sp³-hybridized carbons (Fsp3) is 0.417. The van der Waals surface area contributed by atoms with E-state index in [4.69, 9.17) is 5.26 Å². The van der Waals surface area contributed by atoms with Gasteiger partial charge >= 0.3 is 0 Å². The minimum atomic E-state index is -3.93. The first-order chi connectivity index (χ1) is 9.18. The summed E-state index contributed by atoms with van der Waals surface area (Å²) in [6.45, 7) is 1.56. The minimum absolute atomic E-state index is 0.0319. The highest BCUT2D eigenvalue weighted by molar-refractivity contribution is 7.92. The summed E-state index contributed by atoms with van der Waals surface area (Å²) in [4.78, 5) is -0.131. The van der Waals surface area contributed by atoms with Crippen molar-refractivity contribution in [3.8, 4) is 6.07 Å². The van der Waals surface area contributed by atoms with Crippen LogP contribution in [0.4, 0.5) is 0 Å². The van der Waals surface area contributed by atoms with Crippen LogP contribution in [-0.2, 0) is 19.9 Å². The van der Waals surface area contributed by atoms with Crippen molar-refractivity contribution >= 4 is 19.9 Å². The molecule has 0 aromatic heterocycles. The maximum atomic E-state index is 12.3. The summed E-state index contributed by atoms with van der Waals surface area (Å²) in [7, 11) is -7.15. The Morgan fingerprint density at radius 2 is 2.00 bits per heavy atom. The number of sulfonamides is 1. The van der Waals surface area contributed by atoms with E-state index in [9.17, 15) is 16.8 Å². The van der Waals surface area contributed by atoms with Crippen molar-refractivity contribution in [3.63, 3.8) is 0 Å². The average molecular weight is 314 g/mol. The summed E-state index contributed by atoms with van der Waals surface area (Å²) in [6, 6.07) is 7.64. The Morgan fingerprint density at radius 1 is 1.35 bits per heavy atom. The molecule has 20 heavy (non-hydrogen) atoms. The molecular weight excluding hydrogens is 300 g/mol. The Hall–Kier alpha value is -1.43. The Kier molecular flexibility index (Phi) is 3.62. The topological polar surface area (TPSA) is 104 Å². The van der Waals surface area contributed by atoms with Gasteiger partial charge in [-0.3, -0.25) is 0 Å². The van der Waals surface area contributed by atoms with E-state index in [-0.39, 0.29) is 28.4 Å². The van der Waals surface area contributed by atoms with E-state index in [0.29, 0.717) is 0 Å². The summed E-state index contributed by atoms with van der Waals surface area (Å²) in [5.41, 5.74) is -0.996. The van der Waals surface area contributed by atoms with Crippen molar-refractivity contribution < 1.29 is 16.8 Å². The van der Waals surface area contributed by atoms with Crippen LogP contribution in [0, 0.1) is 11.3 Å². The normalized spacial score (nSPS) is 25.2. The molecule has 2 rings (SSSR count). The predicted octanol–water partition coefficient (Wildman–Crippen LogP) is 0.414. The molecule has 0 radical (unpaired) electrons. The Bertz CT molecular complexity index is 778. The molecule has 1 aliphatic rings. The van der Waals surface area contributed by atoms with Gasteiger partial charge in [-0.25, -0.2) is 21.6 Å². The lowest BCUT2D eigenvalue weighted by atomic mass is 10.0. The number of nitrogens with one attached hydrogen (secondary N) is 1. The van der Waals surface area contributed by atoms with E-state index in [1.165, 1.54) is 18.2 Å². The van der Waals surface area contributed by atoms with Gasteiger partial charge in [0.05, 0.1) is 22.0 Å². The first-order valence-electron chi connectivity index (χ1n) is 5.91. The zero-order chi connectivity index (χ0) is 15.0. The van der Waals surface area contributed by atoms with Crippen LogP contribution in [0.25, 0.3) is 0 Å². The van der Waals surface area contributed by atoms with Crippen molar-refractivity contribution in [2.75, 3.05) is 11.5 Å². The molecule has 1 fully saturated rings. The van der Waals surface area contributed by atoms with Gasteiger partial charge in [-0.05, 0) is 25.5 Å². The fourth-order valence-corrected chi connectivity index (χ4v) is 6.04. The number of nitriles is 1. The van der Waals surface area contributed by atoms with Crippen LogP contribution in [0.3, 0.4) is 0 Å². The fourth-order valence-electron chi connectivity index (χ4n) is 2.26. The molecule has 1 saturated heterocycles. The first kappa shape index (κ1) is 15.0. The molecule has 1 aliphatic heterocycles. The van der Waals surface area contributed by atoms with Gasteiger partial charge in [0, 0.05) is 5.54 Å². The van der Waals surface area contributed by atoms with Gasteiger partial charge in [0.2, 0.25) is 10.0 Å². The maximum absolute atomic E-state index is 12.3. The van der Waals surface area contributed by atoms with E-state index in [1.807, 2.05) is 6.07 Å². The van der Waals surface area contributed by atoms with Crippen molar-refractivity contribution in [2.24, 2.45) is 0 Å². The van der Waals surface area contributed by atoms with Crippen LogP contribution in [-0.4, -0.2) is 33.9 Å². The molecule has 1 N–H and O–H groups in total. The Balaban J connectivity index is 2.36. The van der Waals surface area contributed by atoms with Crippen LogP contribution in [0.2, 0.25) is 0 Å². The lowest BCUT2D eigenvalue weighted by Gasteiger charge is -2.23. The third kappa shape index (κ3) is 3.00. The van der Waals surface area contributed by atoms with E-state index in [0.717, 1.165) is 0 Å². The molecule has 0 saturated carbocycles. The summed E-state index contributed by atoms with van der Waals surface area (Å²) in [5, 5.41) is 8.95. The predicted molar refractivity (Wildman–Crippen MR) is 73.2 cm³/mol. The second-order valence-corrected chi connectivity index (χ2v) is 8.95. The smallest absolute Gasteiger partial charge is 0.229 e. The van der Waals surface area contributed by atoms with E-state index < -0.39 is 25.4 Å². The lowest BCUT2D eigenvalue weighted by Crippen LogP contribution is -2.46. The van der Waals surface area contributed by atoms with Gasteiger partial charge in [-0.1, -0.05) is 12.1 Å². The molecule has 1 aromatic rings. The monoisotopic (exact) mass is 314 g/mol. The maximum Gasteiger partial charge on any atom is 0.242 e. The second kappa shape index (κ2) is 4.84. The van der Waals surface area contributed by atoms with Crippen LogP contribution in [0.5, 0.6) is 0 Å². The number of nitrogens with zero attached hydrogens (tertiary/aromatic N) is 1. The number of sulfone groups is 1.